The van der Waals surface area contributed by atoms with Gasteiger partial charge in [-0.3, -0.25) is 4.90 Å². The molecule has 3 rings (SSSR count). The van der Waals surface area contributed by atoms with E-state index in [0.717, 1.165) is 45.7 Å². The second-order valence-electron chi connectivity index (χ2n) is 5.52. The van der Waals surface area contributed by atoms with Crippen LogP contribution in [0.15, 0.2) is 36.5 Å². The molecule has 0 atom stereocenters. The molecule has 2 heterocycles. The zero-order valence-electron chi connectivity index (χ0n) is 12.2. The molecule has 4 nitrogen and oxygen atoms in total. The van der Waals surface area contributed by atoms with Crippen LogP contribution in [-0.2, 0) is 13.0 Å². The van der Waals surface area contributed by atoms with Crippen molar-refractivity contribution in [1.82, 2.24) is 14.8 Å². The van der Waals surface area contributed by atoms with Crippen LogP contribution in [0.2, 0.25) is 0 Å². The van der Waals surface area contributed by atoms with Crippen molar-refractivity contribution in [3.05, 3.63) is 47.0 Å². The summed E-state index contributed by atoms with van der Waals surface area (Å²) >= 11 is 1.60. The van der Waals surface area contributed by atoms with Gasteiger partial charge in [0.1, 0.15) is 0 Å². The summed E-state index contributed by atoms with van der Waals surface area (Å²) in [5, 5.41) is 0.673. The van der Waals surface area contributed by atoms with Gasteiger partial charge in [0, 0.05) is 50.3 Å². The molecule has 0 saturated carbocycles. The lowest BCUT2D eigenvalue weighted by atomic mass is 10.1. The number of aromatic nitrogens is 1. The summed E-state index contributed by atoms with van der Waals surface area (Å²) < 4.78 is 0. The van der Waals surface area contributed by atoms with Crippen molar-refractivity contribution in [2.45, 2.75) is 13.0 Å². The first-order valence-electron chi connectivity index (χ1n) is 7.48. The van der Waals surface area contributed by atoms with Gasteiger partial charge in [-0.15, -0.1) is 11.3 Å². The van der Waals surface area contributed by atoms with E-state index in [1.165, 1.54) is 10.4 Å². The van der Waals surface area contributed by atoms with E-state index >= 15 is 0 Å². The number of nitrogens with two attached hydrogens (primary N) is 1. The lowest BCUT2D eigenvalue weighted by molar-refractivity contribution is 0.129. The first kappa shape index (κ1) is 14.5. The molecule has 21 heavy (non-hydrogen) atoms. The molecule has 1 aliphatic rings. The van der Waals surface area contributed by atoms with Crippen molar-refractivity contribution in [1.29, 1.82) is 0 Å². The number of hydrogen-bond donors (Lipinski definition) is 1. The van der Waals surface area contributed by atoms with Gasteiger partial charge >= 0.3 is 0 Å². The zero-order valence-corrected chi connectivity index (χ0v) is 13.1. The average Bonchev–Trinajstić information content (AvgIpc) is 2.93. The van der Waals surface area contributed by atoms with Crippen LogP contribution in [0.3, 0.4) is 0 Å². The van der Waals surface area contributed by atoms with Crippen LogP contribution < -0.4 is 5.73 Å². The highest BCUT2D eigenvalue weighted by Gasteiger charge is 2.17. The fraction of sp³-hybridized carbons (Fsp3) is 0.438. The van der Waals surface area contributed by atoms with Gasteiger partial charge in [0.2, 0.25) is 0 Å². The number of anilines is 1. The molecule has 0 unspecified atom stereocenters. The Labute approximate surface area is 130 Å². The minimum Gasteiger partial charge on any atom is -0.375 e. The van der Waals surface area contributed by atoms with Crippen molar-refractivity contribution in [3.8, 4) is 0 Å². The Balaban J connectivity index is 1.40. The largest absolute Gasteiger partial charge is 0.375 e. The van der Waals surface area contributed by atoms with E-state index in [-0.39, 0.29) is 0 Å². The molecule has 2 N–H and O–H groups in total. The van der Waals surface area contributed by atoms with Gasteiger partial charge < -0.3 is 10.6 Å². The molecule has 112 valence electrons. The fourth-order valence-corrected chi connectivity index (χ4v) is 3.45. The third-order valence-electron chi connectivity index (χ3n) is 3.98. The molecule has 0 radical (unpaired) electrons. The van der Waals surface area contributed by atoms with Gasteiger partial charge in [-0.1, -0.05) is 30.3 Å². The van der Waals surface area contributed by atoms with Gasteiger partial charge in [0.15, 0.2) is 5.13 Å². The molecule has 1 aromatic carbocycles. The van der Waals surface area contributed by atoms with E-state index in [9.17, 15) is 0 Å². The fourth-order valence-electron chi connectivity index (χ4n) is 2.72. The number of nitrogen functional groups attached to an aromatic ring is 1. The van der Waals surface area contributed by atoms with Crippen molar-refractivity contribution >= 4 is 16.5 Å². The number of thiazole rings is 1. The second-order valence-corrected chi connectivity index (χ2v) is 6.66. The summed E-state index contributed by atoms with van der Waals surface area (Å²) in [6.45, 7) is 6.72. The SMILES string of the molecule is Nc1ncc(CN2CCN(CCc3ccccc3)CC2)s1. The molecule has 0 aliphatic carbocycles. The lowest BCUT2D eigenvalue weighted by Gasteiger charge is -2.34. The predicted octanol–water partition coefficient (Wildman–Crippen LogP) is 2.09. The van der Waals surface area contributed by atoms with Crippen molar-refractivity contribution in [2.75, 3.05) is 38.5 Å². The normalized spacial score (nSPS) is 17.1. The summed E-state index contributed by atoms with van der Waals surface area (Å²) in [6, 6.07) is 10.7. The first-order valence-corrected chi connectivity index (χ1v) is 8.30. The van der Waals surface area contributed by atoms with Crippen LogP contribution in [-0.4, -0.2) is 47.5 Å². The highest BCUT2D eigenvalue weighted by Crippen LogP contribution is 2.17. The summed E-state index contributed by atoms with van der Waals surface area (Å²) in [4.78, 5) is 10.4. The topological polar surface area (TPSA) is 45.4 Å². The maximum absolute atomic E-state index is 5.68. The summed E-state index contributed by atoms with van der Waals surface area (Å²) in [7, 11) is 0. The minimum absolute atomic E-state index is 0.673. The van der Waals surface area contributed by atoms with Crippen LogP contribution in [0, 0.1) is 0 Å². The molecule has 5 heteroatoms. The van der Waals surface area contributed by atoms with Crippen LogP contribution in [0.4, 0.5) is 5.13 Å². The third kappa shape index (κ3) is 4.27. The maximum atomic E-state index is 5.68. The average molecular weight is 302 g/mol. The smallest absolute Gasteiger partial charge is 0.180 e. The maximum Gasteiger partial charge on any atom is 0.180 e. The molecule has 1 fully saturated rings. The van der Waals surface area contributed by atoms with E-state index < -0.39 is 0 Å². The lowest BCUT2D eigenvalue weighted by Crippen LogP contribution is -2.46. The van der Waals surface area contributed by atoms with Crippen molar-refractivity contribution in [2.24, 2.45) is 0 Å². The first-order chi connectivity index (χ1) is 10.3. The van der Waals surface area contributed by atoms with E-state index in [0.29, 0.717) is 5.13 Å². The molecule has 0 amide bonds. The summed E-state index contributed by atoms with van der Waals surface area (Å²) in [5.41, 5.74) is 7.11. The molecule has 0 bridgehead atoms. The Kier molecular flexibility index (Phi) is 4.85. The number of hydrogen-bond acceptors (Lipinski definition) is 5. The van der Waals surface area contributed by atoms with Crippen LogP contribution in [0.5, 0.6) is 0 Å². The van der Waals surface area contributed by atoms with Gasteiger partial charge in [-0.25, -0.2) is 4.98 Å². The molecule has 1 saturated heterocycles. The molecule has 1 aliphatic heterocycles. The number of benzene rings is 1. The second kappa shape index (κ2) is 7.02. The third-order valence-corrected chi connectivity index (χ3v) is 4.79. The number of nitrogens with zero attached hydrogens (tertiary/aromatic N) is 3. The summed E-state index contributed by atoms with van der Waals surface area (Å²) in [6.07, 6.45) is 3.05. The van der Waals surface area contributed by atoms with Crippen molar-refractivity contribution < 1.29 is 0 Å². The van der Waals surface area contributed by atoms with Crippen LogP contribution in [0.1, 0.15) is 10.4 Å². The standard InChI is InChI=1S/C16H22N4S/c17-16-18-12-15(21-16)13-20-10-8-19(9-11-20)7-6-14-4-2-1-3-5-14/h1-5,12H,6-11,13H2,(H2,17,18). The Hall–Kier alpha value is -1.43. The number of rotatable bonds is 5. The van der Waals surface area contributed by atoms with E-state index in [1.54, 1.807) is 11.3 Å². The molecular formula is C16H22N4S. The Morgan fingerprint density at radius 2 is 1.76 bits per heavy atom. The van der Waals surface area contributed by atoms with Crippen LogP contribution in [0.25, 0.3) is 0 Å². The minimum atomic E-state index is 0.673. The van der Waals surface area contributed by atoms with E-state index in [4.69, 9.17) is 5.73 Å². The monoisotopic (exact) mass is 302 g/mol. The van der Waals surface area contributed by atoms with Gasteiger partial charge in [0.05, 0.1) is 0 Å². The molecular weight excluding hydrogens is 280 g/mol. The van der Waals surface area contributed by atoms with Gasteiger partial charge in [-0.2, -0.15) is 0 Å². The number of piperazine rings is 1. The Bertz CT molecular complexity index is 546. The van der Waals surface area contributed by atoms with Crippen molar-refractivity contribution in [3.63, 3.8) is 0 Å². The Morgan fingerprint density at radius 1 is 1.05 bits per heavy atom. The van der Waals surface area contributed by atoms with E-state index in [2.05, 4.69) is 45.1 Å². The van der Waals surface area contributed by atoms with Gasteiger partial charge in [0.25, 0.3) is 0 Å². The molecule has 2 aromatic rings. The Morgan fingerprint density at radius 3 is 2.43 bits per heavy atom. The molecule has 0 spiro atoms. The van der Waals surface area contributed by atoms with E-state index in [1.807, 2.05) is 6.20 Å². The van der Waals surface area contributed by atoms with Crippen LogP contribution >= 0.6 is 11.3 Å². The highest BCUT2D eigenvalue weighted by molar-refractivity contribution is 7.15. The quantitative estimate of drug-likeness (QED) is 0.918. The van der Waals surface area contributed by atoms with Gasteiger partial charge in [-0.05, 0) is 12.0 Å². The summed E-state index contributed by atoms with van der Waals surface area (Å²) in [5.74, 6) is 0. The zero-order chi connectivity index (χ0) is 14.5. The predicted molar refractivity (Wildman–Crippen MR) is 88.4 cm³/mol. The molecule has 1 aromatic heterocycles. The highest BCUT2D eigenvalue weighted by atomic mass is 32.1.